The molecular formula is C13H12N2O4. The zero-order valence-electron chi connectivity index (χ0n) is 10.3. The Bertz CT molecular complexity index is 662. The van der Waals surface area contributed by atoms with Crippen LogP contribution < -0.4 is 10.1 Å². The van der Waals surface area contributed by atoms with Gasteiger partial charge in [0.1, 0.15) is 11.4 Å². The van der Waals surface area contributed by atoms with Crippen LogP contribution in [0.15, 0.2) is 22.7 Å². The van der Waals surface area contributed by atoms with Crippen molar-refractivity contribution in [3.8, 4) is 5.75 Å². The van der Waals surface area contributed by atoms with Crippen LogP contribution in [-0.2, 0) is 9.59 Å². The zero-order valence-corrected chi connectivity index (χ0v) is 10.3. The number of piperidine rings is 1. The SMILES string of the molecule is COc1ccc2onc(C3CCC(=O)NC3=O)c2c1. The summed E-state index contributed by atoms with van der Waals surface area (Å²) in [5, 5.41) is 7.03. The number of nitrogens with zero attached hydrogens (tertiary/aromatic N) is 1. The van der Waals surface area contributed by atoms with Crippen LogP contribution in [0, 0.1) is 0 Å². The summed E-state index contributed by atoms with van der Waals surface area (Å²) < 4.78 is 10.4. The molecule has 0 spiro atoms. The molecule has 1 N–H and O–H groups in total. The van der Waals surface area contributed by atoms with Gasteiger partial charge in [-0.25, -0.2) is 0 Å². The summed E-state index contributed by atoms with van der Waals surface area (Å²) >= 11 is 0. The fourth-order valence-electron chi connectivity index (χ4n) is 2.27. The molecule has 1 aliphatic rings. The Labute approximate surface area is 108 Å². The molecule has 2 heterocycles. The predicted molar refractivity (Wildman–Crippen MR) is 65.7 cm³/mol. The second kappa shape index (κ2) is 4.38. The second-order valence-electron chi connectivity index (χ2n) is 4.43. The van der Waals surface area contributed by atoms with Crippen LogP contribution in [0.3, 0.4) is 0 Å². The molecule has 1 aromatic heterocycles. The molecule has 1 fully saturated rings. The third-order valence-corrected chi connectivity index (χ3v) is 3.27. The first-order chi connectivity index (χ1) is 9.19. The largest absolute Gasteiger partial charge is 0.497 e. The van der Waals surface area contributed by atoms with Crippen LogP contribution in [-0.4, -0.2) is 24.1 Å². The standard InChI is InChI=1S/C13H12N2O4/c1-18-7-2-4-10-9(6-7)12(15-19-10)8-3-5-11(16)14-13(8)17/h2,4,6,8H,3,5H2,1H3,(H,14,16,17). The number of rotatable bonds is 2. The molecule has 0 radical (unpaired) electrons. The summed E-state index contributed by atoms with van der Waals surface area (Å²) in [5.41, 5.74) is 1.15. The number of carbonyl (C=O) groups excluding carboxylic acids is 2. The third-order valence-electron chi connectivity index (χ3n) is 3.27. The van der Waals surface area contributed by atoms with Crippen LogP contribution >= 0.6 is 0 Å². The molecular weight excluding hydrogens is 248 g/mol. The van der Waals surface area contributed by atoms with E-state index in [2.05, 4.69) is 10.5 Å². The van der Waals surface area contributed by atoms with Crippen molar-refractivity contribution in [2.75, 3.05) is 7.11 Å². The lowest BCUT2D eigenvalue weighted by atomic mass is 9.93. The minimum Gasteiger partial charge on any atom is -0.497 e. The van der Waals surface area contributed by atoms with Gasteiger partial charge in [0.05, 0.1) is 13.0 Å². The highest BCUT2D eigenvalue weighted by Crippen LogP contribution is 2.32. The molecule has 1 aromatic carbocycles. The molecule has 0 bridgehead atoms. The Morgan fingerprint density at radius 3 is 3.00 bits per heavy atom. The van der Waals surface area contributed by atoms with E-state index in [0.717, 1.165) is 5.39 Å². The lowest BCUT2D eigenvalue weighted by Gasteiger charge is -2.18. The summed E-state index contributed by atoms with van der Waals surface area (Å²) in [6.07, 6.45) is 0.762. The van der Waals surface area contributed by atoms with Crippen LogP contribution in [0.25, 0.3) is 11.0 Å². The number of aromatic nitrogens is 1. The topological polar surface area (TPSA) is 81.4 Å². The van der Waals surface area contributed by atoms with E-state index in [1.807, 2.05) is 0 Å². The van der Waals surface area contributed by atoms with Crippen molar-refractivity contribution in [2.24, 2.45) is 0 Å². The van der Waals surface area contributed by atoms with Gasteiger partial charge >= 0.3 is 0 Å². The van der Waals surface area contributed by atoms with Gasteiger partial charge in [-0.1, -0.05) is 5.16 Å². The van der Waals surface area contributed by atoms with Crippen LogP contribution in [0.1, 0.15) is 24.5 Å². The molecule has 98 valence electrons. The normalized spacial score (nSPS) is 19.5. The molecule has 1 saturated heterocycles. The lowest BCUT2D eigenvalue weighted by molar-refractivity contribution is -0.134. The Morgan fingerprint density at radius 2 is 2.26 bits per heavy atom. The number of imide groups is 1. The quantitative estimate of drug-likeness (QED) is 0.824. The molecule has 6 nitrogen and oxygen atoms in total. The van der Waals surface area contributed by atoms with Crippen molar-refractivity contribution in [1.82, 2.24) is 10.5 Å². The Morgan fingerprint density at radius 1 is 1.42 bits per heavy atom. The highest BCUT2D eigenvalue weighted by Gasteiger charge is 2.31. The highest BCUT2D eigenvalue weighted by molar-refractivity contribution is 6.02. The number of nitrogens with one attached hydrogen (secondary N) is 1. The molecule has 6 heteroatoms. The van der Waals surface area contributed by atoms with Gasteiger partial charge in [0.15, 0.2) is 5.58 Å². The molecule has 19 heavy (non-hydrogen) atoms. The zero-order chi connectivity index (χ0) is 13.4. The van der Waals surface area contributed by atoms with E-state index in [1.165, 1.54) is 0 Å². The first-order valence-electron chi connectivity index (χ1n) is 5.96. The third kappa shape index (κ3) is 1.95. The van der Waals surface area contributed by atoms with Gasteiger partial charge in [-0.15, -0.1) is 0 Å². The monoisotopic (exact) mass is 260 g/mol. The highest BCUT2D eigenvalue weighted by atomic mass is 16.5. The number of methoxy groups -OCH3 is 1. The van der Waals surface area contributed by atoms with Gasteiger partial charge in [0, 0.05) is 11.8 Å². The second-order valence-corrected chi connectivity index (χ2v) is 4.43. The van der Waals surface area contributed by atoms with Crippen molar-refractivity contribution in [2.45, 2.75) is 18.8 Å². The van der Waals surface area contributed by atoms with E-state index in [4.69, 9.17) is 9.26 Å². The summed E-state index contributed by atoms with van der Waals surface area (Å²) in [6, 6.07) is 5.29. The van der Waals surface area contributed by atoms with Crippen molar-refractivity contribution < 1.29 is 18.8 Å². The van der Waals surface area contributed by atoms with Crippen molar-refractivity contribution in [1.29, 1.82) is 0 Å². The van der Waals surface area contributed by atoms with E-state index < -0.39 is 5.92 Å². The number of hydrogen-bond donors (Lipinski definition) is 1. The van der Waals surface area contributed by atoms with Gasteiger partial charge in [-0.3, -0.25) is 14.9 Å². The lowest BCUT2D eigenvalue weighted by Crippen LogP contribution is -2.39. The van der Waals surface area contributed by atoms with Crippen LogP contribution in [0.2, 0.25) is 0 Å². The van der Waals surface area contributed by atoms with Gasteiger partial charge in [-0.2, -0.15) is 0 Å². The summed E-state index contributed by atoms with van der Waals surface area (Å²) in [4.78, 5) is 23.0. The maximum absolute atomic E-state index is 11.9. The van der Waals surface area contributed by atoms with Gasteiger partial charge in [0.2, 0.25) is 11.8 Å². The van der Waals surface area contributed by atoms with E-state index in [0.29, 0.717) is 29.9 Å². The molecule has 0 saturated carbocycles. The number of carbonyl (C=O) groups is 2. The summed E-state index contributed by atoms with van der Waals surface area (Å²) in [6.45, 7) is 0. The summed E-state index contributed by atoms with van der Waals surface area (Å²) in [5.74, 6) is -0.351. The average Bonchev–Trinajstić information content (AvgIpc) is 2.81. The van der Waals surface area contributed by atoms with Crippen molar-refractivity contribution >= 4 is 22.8 Å². The Hall–Kier alpha value is -2.37. The molecule has 1 unspecified atom stereocenters. The Kier molecular flexibility index (Phi) is 2.70. The minimum atomic E-state index is -0.453. The van der Waals surface area contributed by atoms with E-state index in [9.17, 15) is 9.59 Å². The molecule has 3 rings (SSSR count). The smallest absolute Gasteiger partial charge is 0.235 e. The first-order valence-corrected chi connectivity index (χ1v) is 5.96. The van der Waals surface area contributed by atoms with E-state index >= 15 is 0 Å². The fourth-order valence-corrected chi connectivity index (χ4v) is 2.27. The van der Waals surface area contributed by atoms with Crippen LogP contribution in [0.5, 0.6) is 5.75 Å². The molecule has 2 aromatic rings. The molecule has 1 atom stereocenters. The maximum atomic E-state index is 11.9. The van der Waals surface area contributed by atoms with Gasteiger partial charge < -0.3 is 9.26 Å². The first kappa shape index (κ1) is 11.7. The van der Waals surface area contributed by atoms with Crippen LogP contribution in [0.4, 0.5) is 0 Å². The molecule has 0 aliphatic carbocycles. The van der Waals surface area contributed by atoms with Crippen molar-refractivity contribution in [3.05, 3.63) is 23.9 Å². The number of benzene rings is 1. The summed E-state index contributed by atoms with van der Waals surface area (Å²) in [7, 11) is 1.57. The number of fused-ring (bicyclic) bond motifs is 1. The number of amides is 2. The molecule has 2 amide bonds. The van der Waals surface area contributed by atoms with Gasteiger partial charge in [-0.05, 0) is 24.6 Å². The number of hydrogen-bond acceptors (Lipinski definition) is 5. The average molecular weight is 260 g/mol. The fraction of sp³-hybridized carbons (Fsp3) is 0.308. The predicted octanol–water partition coefficient (Wildman–Crippen LogP) is 1.36. The van der Waals surface area contributed by atoms with Crippen molar-refractivity contribution in [3.63, 3.8) is 0 Å². The molecule has 1 aliphatic heterocycles. The Balaban J connectivity index is 2.04. The van der Waals surface area contributed by atoms with E-state index in [1.54, 1.807) is 25.3 Å². The number of ether oxygens (including phenoxy) is 1. The minimum absolute atomic E-state index is 0.244. The van der Waals surface area contributed by atoms with Gasteiger partial charge in [0.25, 0.3) is 0 Å². The van der Waals surface area contributed by atoms with E-state index in [-0.39, 0.29) is 11.8 Å². The maximum Gasteiger partial charge on any atom is 0.235 e.